The zero-order chi connectivity index (χ0) is 14.8. The summed E-state index contributed by atoms with van der Waals surface area (Å²) in [5.41, 5.74) is 1.11. The predicted octanol–water partition coefficient (Wildman–Crippen LogP) is 1.23. The van der Waals surface area contributed by atoms with E-state index in [2.05, 4.69) is 5.32 Å². The molecule has 1 aliphatic rings. The Balaban J connectivity index is 2.13. The average Bonchev–Trinajstić information content (AvgIpc) is 2.69. The summed E-state index contributed by atoms with van der Waals surface area (Å²) in [5.74, 6) is 3.37. The van der Waals surface area contributed by atoms with Crippen LogP contribution in [-0.2, 0) is 22.9 Å². The van der Waals surface area contributed by atoms with E-state index in [-0.39, 0.29) is 0 Å². The van der Waals surface area contributed by atoms with E-state index >= 15 is 0 Å². The summed E-state index contributed by atoms with van der Waals surface area (Å²) in [5, 5.41) is 2.66. The largest absolute Gasteiger partial charge is 0.463 e. The summed E-state index contributed by atoms with van der Waals surface area (Å²) in [7, 11) is -1.18. The van der Waals surface area contributed by atoms with E-state index in [0.717, 1.165) is 29.4 Å². The molecule has 114 valence electrons. The normalized spacial score (nSPS) is 21.2. The van der Waals surface area contributed by atoms with Crippen LogP contribution < -0.4 is 5.32 Å². The van der Waals surface area contributed by atoms with E-state index in [1.165, 1.54) is 6.26 Å². The van der Waals surface area contributed by atoms with E-state index in [1.807, 2.05) is 24.9 Å². The van der Waals surface area contributed by atoms with Gasteiger partial charge in [0.05, 0.1) is 13.1 Å². The number of furan rings is 1. The molecular weight excluding hydrogens is 296 g/mol. The Bertz CT molecular complexity index is 554. The smallest absolute Gasteiger partial charge is 0.164 e. The van der Waals surface area contributed by atoms with Gasteiger partial charge in [0.25, 0.3) is 0 Å². The van der Waals surface area contributed by atoms with E-state index in [1.54, 1.807) is 11.8 Å². The van der Waals surface area contributed by atoms with Crippen LogP contribution >= 0.6 is 11.8 Å². The standard InChI is InChI=1S/C13H22N2O3S2/c1-10-6-11(18-12(10)7-14-2)8-15-4-5-19-9-13(15)20(3,16)17/h6,13-14H,4-5,7-9H2,1-3H3. The maximum atomic E-state index is 11.9. The second-order valence-corrected chi connectivity index (χ2v) is 8.53. The number of hydrogen-bond donors (Lipinski definition) is 1. The molecule has 0 bridgehead atoms. The van der Waals surface area contributed by atoms with Crippen molar-refractivity contribution in [3.8, 4) is 0 Å². The van der Waals surface area contributed by atoms with Crippen molar-refractivity contribution in [3.63, 3.8) is 0 Å². The van der Waals surface area contributed by atoms with Gasteiger partial charge in [-0.15, -0.1) is 0 Å². The Morgan fingerprint density at radius 2 is 2.30 bits per heavy atom. The molecule has 0 saturated carbocycles. The molecule has 1 saturated heterocycles. The molecule has 1 unspecified atom stereocenters. The fourth-order valence-corrected chi connectivity index (χ4v) is 5.34. The van der Waals surface area contributed by atoms with Crippen LogP contribution in [0.3, 0.4) is 0 Å². The van der Waals surface area contributed by atoms with Crippen molar-refractivity contribution in [2.75, 3.05) is 31.4 Å². The minimum Gasteiger partial charge on any atom is -0.463 e. The van der Waals surface area contributed by atoms with Crippen LogP contribution in [0.5, 0.6) is 0 Å². The van der Waals surface area contributed by atoms with Gasteiger partial charge in [-0.25, -0.2) is 8.42 Å². The first kappa shape index (κ1) is 15.9. The minimum absolute atomic E-state index is 0.403. The first-order chi connectivity index (χ1) is 9.41. The molecule has 0 amide bonds. The van der Waals surface area contributed by atoms with Crippen molar-refractivity contribution >= 4 is 21.6 Å². The maximum absolute atomic E-state index is 11.9. The van der Waals surface area contributed by atoms with Gasteiger partial charge in [-0.2, -0.15) is 11.8 Å². The highest BCUT2D eigenvalue weighted by atomic mass is 32.2. The maximum Gasteiger partial charge on any atom is 0.164 e. The number of thioether (sulfide) groups is 1. The second kappa shape index (κ2) is 6.51. The molecule has 1 aromatic heterocycles. The molecule has 1 aliphatic heterocycles. The number of sulfone groups is 1. The molecule has 5 nitrogen and oxygen atoms in total. The summed E-state index contributed by atoms with van der Waals surface area (Å²) in [6.45, 7) is 4.04. The molecular formula is C13H22N2O3S2. The highest BCUT2D eigenvalue weighted by Crippen LogP contribution is 2.24. The lowest BCUT2D eigenvalue weighted by molar-refractivity contribution is 0.238. The molecule has 0 radical (unpaired) electrons. The first-order valence-corrected chi connectivity index (χ1v) is 9.76. The third kappa shape index (κ3) is 3.78. The molecule has 2 heterocycles. The van der Waals surface area contributed by atoms with Gasteiger partial charge in [0.1, 0.15) is 16.9 Å². The van der Waals surface area contributed by atoms with Gasteiger partial charge in [0.2, 0.25) is 0 Å². The van der Waals surface area contributed by atoms with Crippen LogP contribution in [0.1, 0.15) is 17.1 Å². The van der Waals surface area contributed by atoms with Crippen LogP contribution in [0.25, 0.3) is 0 Å². The number of nitrogens with one attached hydrogen (secondary N) is 1. The number of hydrogen-bond acceptors (Lipinski definition) is 6. The monoisotopic (exact) mass is 318 g/mol. The van der Waals surface area contributed by atoms with Gasteiger partial charge in [-0.1, -0.05) is 0 Å². The molecule has 1 N–H and O–H groups in total. The Morgan fingerprint density at radius 3 is 2.95 bits per heavy atom. The topological polar surface area (TPSA) is 62.6 Å². The van der Waals surface area contributed by atoms with Crippen LogP contribution in [0.2, 0.25) is 0 Å². The third-order valence-corrected chi connectivity index (χ3v) is 6.14. The molecule has 1 atom stereocenters. The Hall–Kier alpha value is -0.500. The Kier molecular flexibility index (Phi) is 5.17. The Morgan fingerprint density at radius 1 is 1.55 bits per heavy atom. The van der Waals surface area contributed by atoms with Crippen molar-refractivity contribution in [2.24, 2.45) is 0 Å². The predicted molar refractivity (Wildman–Crippen MR) is 82.6 cm³/mol. The van der Waals surface area contributed by atoms with E-state index in [9.17, 15) is 8.42 Å². The molecule has 0 spiro atoms. The number of aryl methyl sites for hydroxylation is 1. The summed E-state index contributed by atoms with van der Waals surface area (Å²) >= 11 is 1.70. The van der Waals surface area contributed by atoms with Gasteiger partial charge >= 0.3 is 0 Å². The molecule has 0 aliphatic carbocycles. The van der Waals surface area contributed by atoms with E-state index in [0.29, 0.717) is 18.8 Å². The zero-order valence-corrected chi connectivity index (χ0v) is 13.8. The molecule has 7 heteroatoms. The minimum atomic E-state index is -3.06. The summed E-state index contributed by atoms with van der Waals surface area (Å²) in [6, 6.07) is 2.01. The summed E-state index contributed by atoms with van der Waals surface area (Å²) in [4.78, 5) is 2.01. The van der Waals surface area contributed by atoms with Gasteiger partial charge in [0, 0.05) is 24.3 Å². The van der Waals surface area contributed by atoms with Crippen molar-refractivity contribution in [3.05, 3.63) is 23.2 Å². The molecule has 1 aromatic rings. The second-order valence-electron chi connectivity index (χ2n) is 5.18. The quantitative estimate of drug-likeness (QED) is 0.881. The highest BCUT2D eigenvalue weighted by Gasteiger charge is 2.31. The molecule has 1 fully saturated rings. The van der Waals surface area contributed by atoms with Gasteiger partial charge in [0.15, 0.2) is 9.84 Å². The van der Waals surface area contributed by atoms with Crippen molar-refractivity contribution in [1.29, 1.82) is 0 Å². The van der Waals surface area contributed by atoms with E-state index in [4.69, 9.17) is 4.42 Å². The van der Waals surface area contributed by atoms with Crippen molar-refractivity contribution in [1.82, 2.24) is 10.2 Å². The van der Waals surface area contributed by atoms with Gasteiger partial charge < -0.3 is 9.73 Å². The summed E-state index contributed by atoms with van der Waals surface area (Å²) < 4.78 is 29.5. The summed E-state index contributed by atoms with van der Waals surface area (Å²) in [6.07, 6.45) is 1.32. The van der Waals surface area contributed by atoms with Gasteiger partial charge in [-0.05, 0) is 25.6 Å². The fraction of sp³-hybridized carbons (Fsp3) is 0.692. The highest BCUT2D eigenvalue weighted by molar-refractivity contribution is 8.00. The third-order valence-electron chi connectivity index (χ3n) is 3.45. The van der Waals surface area contributed by atoms with E-state index < -0.39 is 15.2 Å². The zero-order valence-electron chi connectivity index (χ0n) is 12.2. The molecule has 0 aromatic carbocycles. The fourth-order valence-electron chi connectivity index (χ4n) is 2.39. The lowest BCUT2D eigenvalue weighted by Crippen LogP contribution is -2.46. The molecule has 20 heavy (non-hydrogen) atoms. The molecule has 2 rings (SSSR count). The lowest BCUT2D eigenvalue weighted by Gasteiger charge is -2.33. The van der Waals surface area contributed by atoms with Crippen LogP contribution in [0.15, 0.2) is 10.5 Å². The van der Waals surface area contributed by atoms with Crippen LogP contribution in [-0.4, -0.2) is 50.0 Å². The number of rotatable bonds is 5. The first-order valence-electron chi connectivity index (χ1n) is 6.65. The van der Waals surface area contributed by atoms with Crippen molar-refractivity contribution in [2.45, 2.75) is 25.4 Å². The SMILES string of the molecule is CNCc1oc(CN2CCSCC2S(C)(=O)=O)cc1C. The van der Waals surface area contributed by atoms with Crippen LogP contribution in [0, 0.1) is 6.92 Å². The lowest BCUT2D eigenvalue weighted by atomic mass is 10.2. The Labute approximate surface area is 125 Å². The average molecular weight is 318 g/mol. The number of nitrogens with zero attached hydrogens (tertiary/aromatic N) is 1. The van der Waals surface area contributed by atoms with Gasteiger partial charge in [-0.3, -0.25) is 4.90 Å². The van der Waals surface area contributed by atoms with Crippen LogP contribution in [0.4, 0.5) is 0 Å². The van der Waals surface area contributed by atoms with Crippen molar-refractivity contribution < 1.29 is 12.8 Å².